The van der Waals surface area contributed by atoms with Crippen molar-refractivity contribution in [2.24, 2.45) is 27.1 Å². The number of hydrogen-bond donors (Lipinski definition) is 7. The van der Waals surface area contributed by atoms with E-state index in [4.69, 9.17) is 14.2 Å². The average molecular weight is 1390 g/mol. The number of anilines is 10. The lowest BCUT2D eigenvalue weighted by Gasteiger charge is -2.35. The van der Waals surface area contributed by atoms with Crippen LogP contribution in [0.2, 0.25) is 0 Å². The van der Waals surface area contributed by atoms with Gasteiger partial charge in [0.1, 0.15) is 56.9 Å². The Morgan fingerprint density at radius 1 is 0.333 bits per heavy atom. The lowest BCUT2D eigenvalue weighted by atomic mass is 9.90. The highest BCUT2D eigenvalue weighted by molar-refractivity contribution is 5.78. The van der Waals surface area contributed by atoms with Crippen LogP contribution in [0, 0.1) is 27.1 Å². The normalized spacial score (nSPS) is 13.0. The van der Waals surface area contributed by atoms with E-state index >= 15 is 0 Å². The molecule has 0 unspecified atom stereocenters. The monoisotopic (exact) mass is 1390 g/mol. The lowest BCUT2D eigenvalue weighted by molar-refractivity contribution is 0.190. The van der Waals surface area contributed by atoms with Crippen molar-refractivity contribution < 1.29 is 14.2 Å². The number of nitrogens with one attached hydrogen (secondary N) is 7. The van der Waals surface area contributed by atoms with Crippen molar-refractivity contribution in [2.45, 2.75) is 189 Å². The van der Waals surface area contributed by atoms with Gasteiger partial charge in [0.15, 0.2) is 0 Å². The fourth-order valence-electron chi connectivity index (χ4n) is 10.9. The minimum absolute atomic E-state index is 0.265. The van der Waals surface area contributed by atoms with Crippen molar-refractivity contribution in [3.8, 4) is 0 Å². The first-order chi connectivity index (χ1) is 46.2. The molecule has 0 aliphatic carbocycles. The summed E-state index contributed by atoms with van der Waals surface area (Å²) in [5, 5.41) is 21.4. The third-order valence-electron chi connectivity index (χ3n) is 16.8. The molecule has 99 heavy (non-hydrogen) atoms. The maximum Gasteiger partial charge on any atom is 0.253 e. The molecule has 1 fully saturated rings. The summed E-state index contributed by atoms with van der Waals surface area (Å²) in [5.41, 5.74) is 2.50. The van der Waals surface area contributed by atoms with Crippen LogP contribution in [0.15, 0.2) is 47.9 Å². The van der Waals surface area contributed by atoms with Crippen LogP contribution in [0.3, 0.4) is 0 Å². The third kappa shape index (κ3) is 30.2. The molecule has 1 aliphatic heterocycles. The zero-order chi connectivity index (χ0) is 75.2. The fourth-order valence-corrected chi connectivity index (χ4v) is 10.9. The zero-order valence-electron chi connectivity index (χ0n) is 64.9. The fraction of sp³-hybridized carbons (Fsp3) is 0.733. The molecule has 0 saturated carbocycles. The van der Waals surface area contributed by atoms with E-state index in [1.54, 1.807) is 21.3 Å². The van der Waals surface area contributed by atoms with Crippen LogP contribution in [0.1, 0.15) is 189 Å². The first kappa shape index (κ1) is 88.3. The first-order valence-electron chi connectivity index (χ1n) is 35.9. The Hall–Kier alpha value is -6.76. The maximum absolute atomic E-state index is 12.0. The second-order valence-electron chi connectivity index (χ2n) is 31.8. The largest absolute Gasteiger partial charge is 0.383 e. The van der Waals surface area contributed by atoms with Crippen LogP contribution in [0.5, 0.6) is 0 Å². The Balaban J connectivity index is 0.000000422. The molecule has 0 atom stereocenters. The zero-order valence-corrected chi connectivity index (χ0v) is 64.9. The molecule has 5 aromatic carbocycles. The molecule has 562 valence electrons. The highest BCUT2D eigenvalue weighted by Crippen LogP contribution is 2.28. The summed E-state index contributed by atoms with van der Waals surface area (Å²) in [6.07, 6.45) is 10.3. The van der Waals surface area contributed by atoms with Gasteiger partial charge in [-0.25, -0.2) is 0 Å². The Labute approximate surface area is 589 Å². The van der Waals surface area contributed by atoms with Gasteiger partial charge in [-0.05, 0) is 119 Å². The summed E-state index contributed by atoms with van der Waals surface area (Å²) < 4.78 is 15.1. The Morgan fingerprint density at radius 3 is 0.909 bits per heavy atom. The number of ether oxygens (including phenoxy) is 3. The molecule has 1 saturated heterocycles. The smallest absolute Gasteiger partial charge is 0.253 e. The minimum Gasteiger partial charge on any atom is -0.383 e. The van der Waals surface area contributed by atoms with Crippen molar-refractivity contribution in [1.29, 1.82) is 0 Å². The van der Waals surface area contributed by atoms with Crippen molar-refractivity contribution in [1.82, 2.24) is 4.90 Å². The Kier molecular flexibility index (Phi) is 37.3. The second-order valence-corrected chi connectivity index (χ2v) is 31.8. The molecular formula is C75H129N11O13. The summed E-state index contributed by atoms with van der Waals surface area (Å²) in [5.74, 6) is 0. The third-order valence-corrected chi connectivity index (χ3v) is 16.8. The van der Waals surface area contributed by atoms with Gasteiger partial charge < -0.3 is 71.0 Å². The van der Waals surface area contributed by atoms with Gasteiger partial charge in [-0.2, -0.15) is 0 Å². The van der Waals surface area contributed by atoms with Gasteiger partial charge in [-0.15, -0.1) is 0 Å². The number of methoxy groups -OCH3 is 3. The predicted molar refractivity (Wildman–Crippen MR) is 416 cm³/mol. The van der Waals surface area contributed by atoms with Crippen LogP contribution in [-0.4, -0.2) is 151 Å². The SMILES string of the molecule is CCN(CC)c1c(NCCCC(C)(C)C)c(=O)c1=O.CCNc1c(NCCCC(C)(C)C)c(=O)c1=O.CN1CCN(c2c(NCCCC(C)(C)C)c(=O)c2=O)CC1.COCCN(CCOC)c1c(NCCCC(C)(C)C)c(=O)c1=O.COCCNc1c(NCCCC(C)(C)C)c(=O)c1=O. The molecule has 24 heteroatoms. The molecule has 7 N–H and O–H groups in total. The molecule has 0 radical (unpaired) electrons. The van der Waals surface area contributed by atoms with Crippen molar-refractivity contribution in [3.05, 3.63) is 102 Å². The van der Waals surface area contributed by atoms with Gasteiger partial charge in [-0.1, -0.05) is 104 Å². The van der Waals surface area contributed by atoms with Crippen LogP contribution < -0.4 is 106 Å². The molecule has 1 aliphatic rings. The summed E-state index contributed by atoms with van der Waals surface area (Å²) in [4.78, 5) is 124. The van der Waals surface area contributed by atoms with Crippen molar-refractivity contribution >= 4 is 56.9 Å². The van der Waals surface area contributed by atoms with Crippen LogP contribution >= 0.6 is 0 Å². The van der Waals surface area contributed by atoms with Gasteiger partial charge in [0, 0.05) is 120 Å². The summed E-state index contributed by atoms with van der Waals surface area (Å²) in [6, 6.07) is 0. The minimum atomic E-state index is -0.436. The van der Waals surface area contributed by atoms with E-state index in [0.29, 0.717) is 132 Å². The topological polar surface area (TPSA) is 296 Å². The van der Waals surface area contributed by atoms with E-state index in [0.717, 1.165) is 123 Å². The highest BCUT2D eigenvalue weighted by atomic mass is 16.5. The van der Waals surface area contributed by atoms with E-state index in [1.807, 2.05) is 30.6 Å². The number of piperazine rings is 1. The maximum atomic E-state index is 12.0. The summed E-state index contributed by atoms with van der Waals surface area (Å²) in [6.45, 7) is 51.2. The molecular weight excluding hydrogens is 1260 g/mol. The molecule has 0 bridgehead atoms. The van der Waals surface area contributed by atoms with Gasteiger partial charge in [0.2, 0.25) is 0 Å². The van der Waals surface area contributed by atoms with Crippen LogP contribution in [0.25, 0.3) is 0 Å². The van der Waals surface area contributed by atoms with E-state index in [2.05, 4.69) is 158 Å². The molecule has 0 spiro atoms. The Morgan fingerprint density at radius 2 is 0.606 bits per heavy atom. The van der Waals surface area contributed by atoms with Gasteiger partial charge >= 0.3 is 0 Å². The van der Waals surface area contributed by atoms with Crippen LogP contribution in [0.4, 0.5) is 56.9 Å². The molecule has 0 aromatic heterocycles. The quantitative estimate of drug-likeness (QED) is 0.0144. The number of nitrogens with zero attached hydrogens (tertiary/aromatic N) is 4. The van der Waals surface area contributed by atoms with E-state index < -0.39 is 32.6 Å². The molecule has 0 amide bonds. The number of rotatable bonds is 37. The summed E-state index contributed by atoms with van der Waals surface area (Å²) in [7, 11) is 6.89. The average Bonchev–Trinajstić information content (AvgIpc) is 0.786. The predicted octanol–water partition coefficient (Wildman–Crippen LogP) is 8.79. The number of likely N-dealkylation sites (N-methyl/N-ethyl adjacent to an activating group) is 1. The molecule has 6 rings (SSSR count). The Bertz CT molecular complexity index is 3540. The van der Waals surface area contributed by atoms with Gasteiger partial charge in [-0.3, -0.25) is 47.9 Å². The molecule has 1 heterocycles. The molecule has 24 nitrogen and oxygen atoms in total. The van der Waals surface area contributed by atoms with E-state index in [1.165, 1.54) is 0 Å². The standard InChI is InChI=1S/C17H30N2O4.C16H27N3O2.C15H26N2O2.C14H24N2O3.C13H22N2O2/c1-17(2,3)7-6-8-18-13-14(16(21)15(13)20)19(9-11-22-4)10-12-23-5;1-16(2,3)6-5-7-17-12-13(15(21)14(12)20)19-10-8-18(4)9-11-19;1-6-17(7-2)12-11(13(18)14(12)19)16-10-8-9-15(3,4)5;1-14(2,3)6-5-7-15-10-11(13(18)12(10)17)16-8-9-19-4;1-5-14-9-10(12(17)11(9)16)15-8-6-7-13(2,3)4/h18H,6-12H2,1-5H3;17H,5-11H2,1-4H3;16H,6-10H2,1-5H3;15-16H,5-9H2,1-4H3;14-15H,5-8H2,1-4H3. The number of hydrogen-bond acceptors (Lipinski definition) is 24. The van der Waals surface area contributed by atoms with Gasteiger partial charge in [0.05, 0.1) is 19.8 Å². The molecule has 5 aromatic rings. The second kappa shape index (κ2) is 41.9. The van der Waals surface area contributed by atoms with Crippen molar-refractivity contribution in [2.75, 3.05) is 198 Å². The summed E-state index contributed by atoms with van der Waals surface area (Å²) >= 11 is 0. The van der Waals surface area contributed by atoms with E-state index in [9.17, 15) is 47.9 Å². The first-order valence-corrected chi connectivity index (χ1v) is 35.9. The van der Waals surface area contributed by atoms with Gasteiger partial charge in [0.25, 0.3) is 54.3 Å². The lowest BCUT2D eigenvalue weighted by Crippen LogP contribution is -2.50. The highest BCUT2D eigenvalue weighted by Gasteiger charge is 2.30. The van der Waals surface area contributed by atoms with Crippen molar-refractivity contribution in [3.63, 3.8) is 0 Å². The van der Waals surface area contributed by atoms with Crippen LogP contribution in [-0.2, 0) is 14.2 Å². The van der Waals surface area contributed by atoms with E-state index in [-0.39, 0.29) is 32.5 Å².